The molecule has 3 aromatic rings. The van der Waals surface area contributed by atoms with E-state index >= 15 is 0 Å². The minimum absolute atomic E-state index is 0.836. The van der Waals surface area contributed by atoms with Crippen molar-refractivity contribution in [3.8, 4) is 5.82 Å². The first-order chi connectivity index (χ1) is 9.56. The van der Waals surface area contributed by atoms with Crippen LogP contribution < -0.4 is 4.90 Å². The Morgan fingerprint density at radius 2 is 2.00 bits per heavy atom. The molecular formula is C15H15BrN4. The average Bonchev–Trinajstić information content (AvgIpc) is 2.81. The minimum atomic E-state index is 0.836. The smallest absolute Gasteiger partial charge is 0.154 e. The summed E-state index contributed by atoms with van der Waals surface area (Å²) in [5.41, 5.74) is 3.16. The highest BCUT2D eigenvalue weighted by Crippen LogP contribution is 2.30. The molecule has 0 atom stereocenters. The molecule has 0 aliphatic heterocycles. The van der Waals surface area contributed by atoms with Crippen LogP contribution in [0.1, 0.15) is 5.69 Å². The monoisotopic (exact) mass is 330 g/mol. The second-order valence-corrected chi connectivity index (χ2v) is 5.86. The van der Waals surface area contributed by atoms with Crippen molar-refractivity contribution in [3.63, 3.8) is 0 Å². The van der Waals surface area contributed by atoms with Gasteiger partial charge in [-0.3, -0.25) is 0 Å². The fourth-order valence-electron chi connectivity index (χ4n) is 2.27. The molecule has 0 aliphatic carbocycles. The van der Waals surface area contributed by atoms with Gasteiger partial charge in [0.2, 0.25) is 0 Å². The van der Waals surface area contributed by atoms with Crippen LogP contribution in [0.5, 0.6) is 0 Å². The molecule has 0 saturated heterocycles. The number of nitrogens with zero attached hydrogens (tertiary/aromatic N) is 4. The van der Waals surface area contributed by atoms with Crippen LogP contribution in [-0.4, -0.2) is 28.9 Å². The second-order valence-electron chi connectivity index (χ2n) is 4.95. The molecule has 4 nitrogen and oxygen atoms in total. The summed E-state index contributed by atoms with van der Waals surface area (Å²) in [4.78, 5) is 6.63. The number of pyridine rings is 1. The van der Waals surface area contributed by atoms with Crippen LogP contribution in [0.3, 0.4) is 0 Å². The van der Waals surface area contributed by atoms with Gasteiger partial charge >= 0.3 is 0 Å². The molecule has 0 radical (unpaired) electrons. The maximum absolute atomic E-state index is 4.54. The van der Waals surface area contributed by atoms with Gasteiger partial charge in [-0.15, -0.1) is 0 Å². The molecule has 102 valence electrons. The summed E-state index contributed by atoms with van der Waals surface area (Å²) in [6.07, 6.45) is 1.89. The van der Waals surface area contributed by atoms with Crippen molar-refractivity contribution in [2.24, 2.45) is 0 Å². The number of aromatic nitrogens is 3. The highest BCUT2D eigenvalue weighted by Gasteiger charge is 2.12. The van der Waals surface area contributed by atoms with Gasteiger partial charge in [-0.05, 0) is 31.2 Å². The summed E-state index contributed by atoms with van der Waals surface area (Å²) in [5.74, 6) is 0.836. The van der Waals surface area contributed by atoms with Gasteiger partial charge in [0.15, 0.2) is 5.82 Å². The predicted molar refractivity (Wildman–Crippen MR) is 85.6 cm³/mol. The van der Waals surface area contributed by atoms with Crippen LogP contribution in [-0.2, 0) is 0 Å². The quantitative estimate of drug-likeness (QED) is 0.720. The molecule has 5 heteroatoms. The van der Waals surface area contributed by atoms with E-state index in [9.17, 15) is 0 Å². The number of benzene rings is 1. The van der Waals surface area contributed by atoms with E-state index in [1.165, 1.54) is 0 Å². The molecule has 0 fully saturated rings. The Bertz CT molecular complexity index is 777. The molecule has 0 spiro atoms. The van der Waals surface area contributed by atoms with Crippen LogP contribution in [0.15, 0.2) is 41.0 Å². The highest BCUT2D eigenvalue weighted by atomic mass is 79.9. The zero-order valence-corrected chi connectivity index (χ0v) is 13.2. The van der Waals surface area contributed by atoms with E-state index in [0.717, 1.165) is 32.6 Å². The van der Waals surface area contributed by atoms with Gasteiger partial charge in [-0.25, -0.2) is 9.67 Å². The van der Waals surface area contributed by atoms with Crippen molar-refractivity contribution in [3.05, 3.63) is 46.7 Å². The van der Waals surface area contributed by atoms with Crippen molar-refractivity contribution in [1.29, 1.82) is 0 Å². The SMILES string of the molecule is Cc1cccc(-n2ncc3c(N(C)C)cc(Br)cc32)n1. The summed E-state index contributed by atoms with van der Waals surface area (Å²) < 4.78 is 2.91. The standard InChI is InChI=1S/C15H15BrN4/c1-10-5-4-6-15(18-10)20-14-8-11(16)7-13(19(2)3)12(14)9-17-20/h4-9H,1-3H3. The fraction of sp³-hybridized carbons (Fsp3) is 0.200. The molecule has 3 rings (SSSR count). The molecule has 0 saturated carbocycles. The number of rotatable bonds is 2. The highest BCUT2D eigenvalue weighted by molar-refractivity contribution is 9.10. The lowest BCUT2D eigenvalue weighted by Crippen LogP contribution is -2.09. The van der Waals surface area contributed by atoms with E-state index in [1.807, 2.05) is 50.1 Å². The third kappa shape index (κ3) is 2.18. The topological polar surface area (TPSA) is 34.0 Å². The van der Waals surface area contributed by atoms with E-state index in [2.05, 4.69) is 43.0 Å². The molecule has 1 aromatic carbocycles. The lowest BCUT2D eigenvalue weighted by atomic mass is 10.2. The van der Waals surface area contributed by atoms with Gasteiger partial charge in [0.25, 0.3) is 0 Å². The number of aryl methyl sites for hydroxylation is 1. The predicted octanol–water partition coefficient (Wildman–Crippen LogP) is 3.56. The Morgan fingerprint density at radius 3 is 2.70 bits per heavy atom. The molecular weight excluding hydrogens is 316 g/mol. The number of hydrogen-bond donors (Lipinski definition) is 0. The lowest BCUT2D eigenvalue weighted by molar-refractivity contribution is 0.867. The van der Waals surface area contributed by atoms with Crippen LogP contribution in [0, 0.1) is 6.92 Å². The van der Waals surface area contributed by atoms with Crippen molar-refractivity contribution < 1.29 is 0 Å². The number of anilines is 1. The maximum atomic E-state index is 4.54. The number of fused-ring (bicyclic) bond motifs is 1. The Kier molecular flexibility index (Phi) is 3.22. The van der Waals surface area contributed by atoms with Gasteiger partial charge in [-0.2, -0.15) is 5.10 Å². The van der Waals surface area contributed by atoms with Crippen LogP contribution in [0.2, 0.25) is 0 Å². The summed E-state index contributed by atoms with van der Waals surface area (Å²) in [6.45, 7) is 1.98. The normalized spacial score (nSPS) is 11.0. The molecule has 2 aromatic heterocycles. The van der Waals surface area contributed by atoms with Gasteiger partial charge in [0.1, 0.15) is 0 Å². The van der Waals surface area contributed by atoms with Crippen LogP contribution >= 0.6 is 15.9 Å². The maximum Gasteiger partial charge on any atom is 0.154 e. The van der Waals surface area contributed by atoms with Gasteiger partial charge in [0.05, 0.1) is 11.7 Å². The second kappa shape index (κ2) is 4.90. The van der Waals surface area contributed by atoms with E-state index in [0.29, 0.717) is 0 Å². The molecule has 2 heterocycles. The first-order valence-electron chi connectivity index (χ1n) is 6.35. The molecule has 20 heavy (non-hydrogen) atoms. The van der Waals surface area contributed by atoms with Gasteiger partial charge in [0, 0.05) is 35.3 Å². The Morgan fingerprint density at radius 1 is 1.20 bits per heavy atom. The molecule has 0 aliphatic rings. The Labute approximate surface area is 126 Å². The van der Waals surface area contributed by atoms with Crippen LogP contribution in [0.25, 0.3) is 16.7 Å². The number of halogens is 1. The first-order valence-corrected chi connectivity index (χ1v) is 7.14. The largest absolute Gasteiger partial charge is 0.377 e. The zero-order valence-electron chi connectivity index (χ0n) is 11.6. The Hall–Kier alpha value is -1.88. The van der Waals surface area contributed by atoms with Crippen molar-refractivity contribution in [2.75, 3.05) is 19.0 Å². The average molecular weight is 331 g/mol. The summed E-state index contributed by atoms with van der Waals surface area (Å²) in [6, 6.07) is 10.1. The van der Waals surface area contributed by atoms with Crippen molar-refractivity contribution in [1.82, 2.24) is 14.8 Å². The zero-order chi connectivity index (χ0) is 14.3. The van der Waals surface area contributed by atoms with E-state index < -0.39 is 0 Å². The minimum Gasteiger partial charge on any atom is -0.377 e. The third-order valence-corrected chi connectivity index (χ3v) is 3.66. The van der Waals surface area contributed by atoms with Crippen molar-refractivity contribution in [2.45, 2.75) is 6.92 Å². The summed E-state index contributed by atoms with van der Waals surface area (Å²) in [5, 5.41) is 5.61. The molecule has 0 N–H and O–H groups in total. The third-order valence-electron chi connectivity index (χ3n) is 3.20. The van der Waals surface area contributed by atoms with Gasteiger partial charge in [-0.1, -0.05) is 22.0 Å². The summed E-state index contributed by atoms with van der Waals surface area (Å²) in [7, 11) is 4.06. The number of hydrogen-bond acceptors (Lipinski definition) is 3. The Balaban J connectivity index is 2.28. The molecule has 0 bridgehead atoms. The molecule has 0 amide bonds. The van der Waals surface area contributed by atoms with E-state index in [1.54, 1.807) is 0 Å². The lowest BCUT2D eigenvalue weighted by Gasteiger charge is -2.14. The van der Waals surface area contributed by atoms with Gasteiger partial charge < -0.3 is 4.90 Å². The summed E-state index contributed by atoms with van der Waals surface area (Å²) >= 11 is 3.57. The van der Waals surface area contributed by atoms with E-state index in [-0.39, 0.29) is 0 Å². The van der Waals surface area contributed by atoms with E-state index in [4.69, 9.17) is 0 Å². The van der Waals surface area contributed by atoms with Crippen LogP contribution in [0.4, 0.5) is 5.69 Å². The fourth-order valence-corrected chi connectivity index (χ4v) is 2.71. The molecule has 0 unspecified atom stereocenters. The first kappa shape index (κ1) is 13.1. The van der Waals surface area contributed by atoms with Crippen molar-refractivity contribution >= 4 is 32.5 Å².